The Kier molecular flexibility index (Phi) is 3.95. The molecule has 1 amide bonds. The van der Waals surface area contributed by atoms with Gasteiger partial charge in [0.15, 0.2) is 5.69 Å². The summed E-state index contributed by atoms with van der Waals surface area (Å²) in [5, 5.41) is 11.3. The fourth-order valence-electron chi connectivity index (χ4n) is 3.56. The van der Waals surface area contributed by atoms with Crippen molar-refractivity contribution in [3.63, 3.8) is 0 Å². The van der Waals surface area contributed by atoms with Gasteiger partial charge in [0, 0.05) is 17.0 Å². The molecule has 6 nitrogen and oxygen atoms in total. The van der Waals surface area contributed by atoms with Crippen molar-refractivity contribution in [2.24, 2.45) is 0 Å². The van der Waals surface area contributed by atoms with Crippen LogP contribution in [-0.4, -0.2) is 32.7 Å². The number of nitrogens with zero attached hydrogens (tertiary/aromatic N) is 3. The van der Waals surface area contributed by atoms with Gasteiger partial charge in [0.05, 0.1) is 22.3 Å². The van der Waals surface area contributed by atoms with Crippen LogP contribution in [0.15, 0.2) is 22.7 Å². The van der Waals surface area contributed by atoms with Crippen LogP contribution in [0, 0.1) is 20.8 Å². The summed E-state index contributed by atoms with van der Waals surface area (Å²) in [5.74, 6) is 0.747. The van der Waals surface area contributed by atoms with Crippen LogP contribution in [0.4, 0.5) is 0 Å². The number of rotatable bonds is 3. The molecular weight excluding hydrogens is 336 g/mol. The van der Waals surface area contributed by atoms with Gasteiger partial charge >= 0.3 is 0 Å². The molecule has 0 saturated carbocycles. The minimum atomic E-state index is -0.0433. The highest BCUT2D eigenvalue weighted by atomic mass is 32.1. The van der Waals surface area contributed by atoms with Gasteiger partial charge in [-0.1, -0.05) is 5.16 Å². The second-order valence-corrected chi connectivity index (χ2v) is 7.76. The summed E-state index contributed by atoms with van der Waals surface area (Å²) in [6, 6.07) is 5.97. The molecule has 1 fully saturated rings. The van der Waals surface area contributed by atoms with Crippen LogP contribution in [0.3, 0.4) is 0 Å². The maximum absolute atomic E-state index is 13.0. The monoisotopic (exact) mass is 356 g/mol. The van der Waals surface area contributed by atoms with Gasteiger partial charge < -0.3 is 9.42 Å². The summed E-state index contributed by atoms with van der Waals surface area (Å²) < 4.78 is 5.30. The molecule has 1 saturated heterocycles. The standard InChI is InChI=1S/C18H20N4O2S/c1-10-6-7-16(25-10)13-9-14(20-19-13)18(23)22-8-4-5-15(22)17-11(2)21-24-12(17)3/h6-7,9,15H,4-5,8H2,1-3H3,(H,19,20)/t15-/m1/s1. The number of likely N-dealkylation sites (tertiary alicyclic amines) is 1. The topological polar surface area (TPSA) is 75.0 Å². The number of H-pyrrole nitrogens is 1. The Bertz CT molecular complexity index is 904. The Morgan fingerprint density at radius 1 is 1.36 bits per heavy atom. The van der Waals surface area contributed by atoms with Crippen molar-refractivity contribution in [3.8, 4) is 10.6 Å². The Balaban J connectivity index is 1.61. The van der Waals surface area contributed by atoms with Gasteiger partial charge in [-0.05, 0) is 51.8 Å². The largest absolute Gasteiger partial charge is 0.361 e. The summed E-state index contributed by atoms with van der Waals surface area (Å²) in [6.07, 6.45) is 1.90. The Hall–Kier alpha value is -2.41. The molecule has 130 valence electrons. The summed E-state index contributed by atoms with van der Waals surface area (Å²) in [5.41, 5.74) is 3.24. The molecule has 1 atom stereocenters. The van der Waals surface area contributed by atoms with E-state index in [1.54, 1.807) is 11.3 Å². The molecule has 0 unspecified atom stereocenters. The lowest BCUT2D eigenvalue weighted by Gasteiger charge is -2.23. The van der Waals surface area contributed by atoms with E-state index in [0.29, 0.717) is 5.69 Å². The second-order valence-electron chi connectivity index (χ2n) is 6.47. The number of aryl methyl sites for hydroxylation is 3. The molecule has 1 N–H and O–H groups in total. The number of amides is 1. The first-order chi connectivity index (χ1) is 12.0. The van der Waals surface area contributed by atoms with Gasteiger partial charge in [-0.15, -0.1) is 11.3 Å². The Morgan fingerprint density at radius 3 is 2.88 bits per heavy atom. The van der Waals surface area contributed by atoms with Gasteiger partial charge in [0.25, 0.3) is 5.91 Å². The number of carbonyl (C=O) groups is 1. The van der Waals surface area contributed by atoms with Crippen LogP contribution in [-0.2, 0) is 0 Å². The average Bonchev–Trinajstić information content (AvgIpc) is 3.34. The third kappa shape index (κ3) is 2.78. The van der Waals surface area contributed by atoms with Crippen LogP contribution in [0.2, 0.25) is 0 Å². The molecule has 3 aromatic rings. The highest BCUT2D eigenvalue weighted by molar-refractivity contribution is 7.15. The number of nitrogens with one attached hydrogen (secondary N) is 1. The molecular formula is C18H20N4O2S. The number of carbonyl (C=O) groups excluding carboxylic acids is 1. The zero-order valence-electron chi connectivity index (χ0n) is 14.5. The van der Waals surface area contributed by atoms with Crippen molar-refractivity contribution in [1.82, 2.24) is 20.3 Å². The van der Waals surface area contributed by atoms with Crippen LogP contribution >= 0.6 is 11.3 Å². The minimum absolute atomic E-state index is 0.0166. The van der Waals surface area contributed by atoms with E-state index in [1.165, 1.54) is 4.88 Å². The molecule has 7 heteroatoms. The van der Waals surface area contributed by atoms with Crippen molar-refractivity contribution in [2.45, 2.75) is 39.7 Å². The molecule has 0 bridgehead atoms. The van der Waals surface area contributed by atoms with E-state index in [2.05, 4.69) is 28.3 Å². The lowest BCUT2D eigenvalue weighted by molar-refractivity contribution is 0.0728. The molecule has 1 aliphatic rings. The lowest BCUT2D eigenvalue weighted by atomic mass is 10.0. The second kappa shape index (κ2) is 6.15. The van der Waals surface area contributed by atoms with E-state index in [0.717, 1.165) is 47.0 Å². The van der Waals surface area contributed by atoms with Crippen LogP contribution < -0.4 is 0 Å². The fraction of sp³-hybridized carbons (Fsp3) is 0.389. The number of aromatic nitrogens is 3. The zero-order valence-corrected chi connectivity index (χ0v) is 15.3. The maximum Gasteiger partial charge on any atom is 0.274 e. The van der Waals surface area contributed by atoms with E-state index in [1.807, 2.05) is 30.9 Å². The van der Waals surface area contributed by atoms with Gasteiger partial charge in [0.2, 0.25) is 0 Å². The summed E-state index contributed by atoms with van der Waals surface area (Å²) >= 11 is 1.68. The van der Waals surface area contributed by atoms with Crippen molar-refractivity contribution in [3.05, 3.63) is 45.8 Å². The average molecular weight is 356 g/mol. The number of thiophene rings is 1. The summed E-state index contributed by atoms with van der Waals surface area (Å²) in [7, 11) is 0. The molecule has 0 aromatic carbocycles. The normalized spacial score (nSPS) is 17.4. The smallest absolute Gasteiger partial charge is 0.274 e. The predicted molar refractivity (Wildman–Crippen MR) is 95.6 cm³/mol. The van der Waals surface area contributed by atoms with Crippen LogP contribution in [0.5, 0.6) is 0 Å². The lowest BCUT2D eigenvalue weighted by Crippen LogP contribution is -2.31. The highest BCUT2D eigenvalue weighted by Crippen LogP contribution is 2.36. The molecule has 3 aromatic heterocycles. The molecule has 0 aliphatic carbocycles. The van der Waals surface area contributed by atoms with Crippen molar-refractivity contribution < 1.29 is 9.32 Å². The van der Waals surface area contributed by atoms with Crippen molar-refractivity contribution in [1.29, 1.82) is 0 Å². The van der Waals surface area contributed by atoms with E-state index in [-0.39, 0.29) is 11.9 Å². The first-order valence-corrected chi connectivity index (χ1v) is 9.22. The molecule has 25 heavy (non-hydrogen) atoms. The van der Waals surface area contributed by atoms with Crippen LogP contribution in [0.25, 0.3) is 10.6 Å². The first-order valence-electron chi connectivity index (χ1n) is 8.40. The number of hydrogen-bond acceptors (Lipinski definition) is 5. The number of hydrogen-bond donors (Lipinski definition) is 1. The summed E-state index contributed by atoms with van der Waals surface area (Å²) in [4.78, 5) is 17.2. The van der Waals surface area contributed by atoms with Gasteiger partial charge in [-0.25, -0.2) is 0 Å². The molecule has 0 radical (unpaired) electrons. The van der Waals surface area contributed by atoms with Gasteiger partial charge in [0.1, 0.15) is 5.76 Å². The molecule has 4 heterocycles. The first kappa shape index (κ1) is 16.1. The van der Waals surface area contributed by atoms with Crippen LogP contribution in [0.1, 0.15) is 51.3 Å². The zero-order chi connectivity index (χ0) is 17.6. The van der Waals surface area contributed by atoms with Gasteiger partial charge in [-0.2, -0.15) is 5.10 Å². The van der Waals surface area contributed by atoms with E-state index < -0.39 is 0 Å². The molecule has 4 rings (SSSR count). The van der Waals surface area contributed by atoms with E-state index in [9.17, 15) is 4.79 Å². The highest BCUT2D eigenvalue weighted by Gasteiger charge is 2.35. The Labute approximate surface area is 149 Å². The van der Waals surface area contributed by atoms with E-state index in [4.69, 9.17) is 4.52 Å². The third-order valence-electron chi connectivity index (χ3n) is 4.74. The molecule has 1 aliphatic heterocycles. The quantitative estimate of drug-likeness (QED) is 0.769. The maximum atomic E-state index is 13.0. The Morgan fingerprint density at radius 2 is 2.20 bits per heavy atom. The molecule has 0 spiro atoms. The SMILES string of the molecule is Cc1ccc(-c2cc(C(=O)N3CCC[C@@H]3c3c(C)noc3C)n[nH]2)s1. The van der Waals surface area contributed by atoms with E-state index >= 15 is 0 Å². The predicted octanol–water partition coefficient (Wildman–Crippen LogP) is 4.03. The van der Waals surface area contributed by atoms with Crippen molar-refractivity contribution >= 4 is 17.2 Å². The van der Waals surface area contributed by atoms with Crippen molar-refractivity contribution in [2.75, 3.05) is 6.54 Å². The summed E-state index contributed by atoms with van der Waals surface area (Å²) in [6.45, 7) is 6.63. The fourth-order valence-corrected chi connectivity index (χ4v) is 4.39. The van der Waals surface area contributed by atoms with Gasteiger partial charge in [-0.3, -0.25) is 9.89 Å². The number of aromatic amines is 1. The third-order valence-corrected chi connectivity index (χ3v) is 5.77. The minimum Gasteiger partial charge on any atom is -0.361 e.